The molecule has 0 aromatic rings. The van der Waals surface area contributed by atoms with Crippen LogP contribution in [0.4, 0.5) is 0 Å². The van der Waals surface area contributed by atoms with Crippen LogP contribution in [-0.4, -0.2) is 24.1 Å². The number of hydrogen-bond donors (Lipinski definition) is 0. The van der Waals surface area contributed by atoms with Gasteiger partial charge < -0.3 is 4.74 Å². The second-order valence-corrected chi connectivity index (χ2v) is 6.72. The standard InChI is InChI=1S/C10H16O2S2/c1-2-10(6-13-14-7-10)5-12-9(11)8-3-4-8/h8H,2-7H2,1H3. The molecule has 0 aromatic carbocycles. The highest BCUT2D eigenvalue weighted by Gasteiger charge is 2.37. The number of carbonyl (C=O) groups excluding carboxylic acids is 1. The molecule has 0 N–H and O–H groups in total. The molecule has 80 valence electrons. The molecule has 1 saturated carbocycles. The molecule has 4 heteroatoms. The maximum Gasteiger partial charge on any atom is 0.308 e. The summed E-state index contributed by atoms with van der Waals surface area (Å²) >= 11 is 0. The Morgan fingerprint density at radius 2 is 2.07 bits per heavy atom. The average molecular weight is 232 g/mol. The van der Waals surface area contributed by atoms with E-state index in [0.717, 1.165) is 30.8 Å². The number of esters is 1. The maximum absolute atomic E-state index is 11.4. The van der Waals surface area contributed by atoms with Gasteiger partial charge in [0.2, 0.25) is 0 Å². The van der Waals surface area contributed by atoms with Crippen molar-refractivity contribution in [3.63, 3.8) is 0 Å². The van der Waals surface area contributed by atoms with Crippen LogP contribution in [0.3, 0.4) is 0 Å². The molecule has 0 spiro atoms. The third-order valence-electron chi connectivity index (χ3n) is 2.99. The van der Waals surface area contributed by atoms with Crippen LogP contribution < -0.4 is 0 Å². The SMILES string of the molecule is CCC1(COC(=O)C2CC2)CSSC1. The first-order chi connectivity index (χ1) is 6.76. The Bertz CT molecular complexity index is 220. The van der Waals surface area contributed by atoms with Gasteiger partial charge in [0.05, 0.1) is 12.5 Å². The van der Waals surface area contributed by atoms with Crippen LogP contribution in [0.2, 0.25) is 0 Å². The number of hydrogen-bond acceptors (Lipinski definition) is 4. The maximum atomic E-state index is 11.4. The molecule has 2 nitrogen and oxygen atoms in total. The van der Waals surface area contributed by atoms with E-state index in [9.17, 15) is 4.79 Å². The van der Waals surface area contributed by atoms with Gasteiger partial charge in [-0.05, 0) is 19.3 Å². The van der Waals surface area contributed by atoms with Gasteiger partial charge >= 0.3 is 5.97 Å². The Morgan fingerprint density at radius 3 is 2.57 bits per heavy atom. The molecule has 1 aliphatic carbocycles. The van der Waals surface area contributed by atoms with Crippen LogP contribution in [0.5, 0.6) is 0 Å². The second kappa shape index (κ2) is 4.35. The first-order valence-corrected chi connectivity index (χ1v) is 7.66. The summed E-state index contributed by atoms with van der Waals surface area (Å²) in [6, 6.07) is 0. The third kappa shape index (κ3) is 2.40. The van der Waals surface area contributed by atoms with Gasteiger partial charge in [-0.15, -0.1) is 0 Å². The smallest absolute Gasteiger partial charge is 0.308 e. The third-order valence-corrected chi connectivity index (χ3v) is 5.83. The van der Waals surface area contributed by atoms with Crippen molar-refractivity contribution in [1.29, 1.82) is 0 Å². The highest BCUT2D eigenvalue weighted by atomic mass is 33.1. The number of rotatable bonds is 4. The minimum Gasteiger partial charge on any atom is -0.465 e. The van der Waals surface area contributed by atoms with Gasteiger partial charge in [0, 0.05) is 16.9 Å². The quantitative estimate of drug-likeness (QED) is 0.550. The molecule has 0 bridgehead atoms. The summed E-state index contributed by atoms with van der Waals surface area (Å²) in [4.78, 5) is 11.4. The van der Waals surface area contributed by atoms with Crippen LogP contribution in [-0.2, 0) is 9.53 Å². The molecule has 2 aliphatic rings. The fourth-order valence-corrected chi connectivity index (χ4v) is 5.00. The van der Waals surface area contributed by atoms with Crippen molar-refractivity contribution in [3.05, 3.63) is 0 Å². The summed E-state index contributed by atoms with van der Waals surface area (Å²) in [5.41, 5.74) is 0.264. The predicted molar refractivity (Wildman–Crippen MR) is 61.3 cm³/mol. The lowest BCUT2D eigenvalue weighted by molar-refractivity contribution is -0.148. The molecule has 1 aliphatic heterocycles. The van der Waals surface area contributed by atoms with E-state index in [2.05, 4.69) is 6.92 Å². The highest BCUT2D eigenvalue weighted by molar-refractivity contribution is 8.77. The van der Waals surface area contributed by atoms with E-state index in [1.54, 1.807) is 0 Å². The average Bonchev–Trinajstić information content (AvgIpc) is 2.95. The van der Waals surface area contributed by atoms with E-state index in [1.165, 1.54) is 0 Å². The zero-order chi connectivity index (χ0) is 10.0. The van der Waals surface area contributed by atoms with Crippen LogP contribution in [0.1, 0.15) is 26.2 Å². The summed E-state index contributed by atoms with van der Waals surface area (Å²) < 4.78 is 5.38. The van der Waals surface area contributed by atoms with Crippen molar-refractivity contribution in [2.24, 2.45) is 11.3 Å². The number of carbonyl (C=O) groups is 1. The molecule has 2 rings (SSSR count). The fraction of sp³-hybridized carbons (Fsp3) is 0.900. The topological polar surface area (TPSA) is 26.3 Å². The van der Waals surface area contributed by atoms with Crippen LogP contribution in [0.15, 0.2) is 0 Å². The van der Waals surface area contributed by atoms with Crippen molar-refractivity contribution in [3.8, 4) is 0 Å². The fourth-order valence-electron chi connectivity index (χ4n) is 1.43. The predicted octanol–water partition coefficient (Wildman–Crippen LogP) is 2.73. The van der Waals surface area contributed by atoms with Gasteiger partial charge in [-0.3, -0.25) is 4.79 Å². The summed E-state index contributed by atoms with van der Waals surface area (Å²) in [7, 11) is 3.81. The van der Waals surface area contributed by atoms with Crippen molar-refractivity contribution in [1.82, 2.24) is 0 Å². The molecular formula is C10H16O2S2. The zero-order valence-electron chi connectivity index (χ0n) is 8.45. The number of ether oxygens (including phenoxy) is 1. The van der Waals surface area contributed by atoms with Crippen LogP contribution in [0.25, 0.3) is 0 Å². The summed E-state index contributed by atoms with van der Waals surface area (Å²) in [5.74, 6) is 2.54. The van der Waals surface area contributed by atoms with Crippen molar-refractivity contribution >= 4 is 27.6 Å². The Labute approximate surface area is 92.9 Å². The van der Waals surface area contributed by atoms with E-state index < -0.39 is 0 Å². The Hall–Kier alpha value is 0.170. The molecule has 0 aromatic heterocycles. The second-order valence-electron chi connectivity index (χ2n) is 4.26. The Balaban J connectivity index is 1.79. The van der Waals surface area contributed by atoms with Gasteiger partial charge in [0.1, 0.15) is 0 Å². The van der Waals surface area contributed by atoms with E-state index in [-0.39, 0.29) is 17.3 Å². The van der Waals surface area contributed by atoms with E-state index in [0.29, 0.717) is 6.61 Å². The molecule has 0 unspecified atom stereocenters. The summed E-state index contributed by atoms with van der Waals surface area (Å²) in [5, 5.41) is 0. The summed E-state index contributed by atoms with van der Waals surface area (Å²) in [6.45, 7) is 2.83. The molecule has 14 heavy (non-hydrogen) atoms. The lowest BCUT2D eigenvalue weighted by Gasteiger charge is -2.24. The highest BCUT2D eigenvalue weighted by Crippen LogP contribution is 2.45. The van der Waals surface area contributed by atoms with E-state index in [4.69, 9.17) is 4.74 Å². The van der Waals surface area contributed by atoms with Crippen molar-refractivity contribution < 1.29 is 9.53 Å². The lowest BCUT2D eigenvalue weighted by atomic mass is 9.91. The molecule has 0 amide bonds. The van der Waals surface area contributed by atoms with Gasteiger partial charge in [0.25, 0.3) is 0 Å². The molecular weight excluding hydrogens is 216 g/mol. The molecule has 1 saturated heterocycles. The minimum atomic E-state index is 0.0414. The zero-order valence-corrected chi connectivity index (χ0v) is 10.1. The largest absolute Gasteiger partial charge is 0.465 e. The van der Waals surface area contributed by atoms with Crippen molar-refractivity contribution in [2.75, 3.05) is 18.1 Å². The van der Waals surface area contributed by atoms with Gasteiger partial charge in [0.15, 0.2) is 0 Å². The van der Waals surface area contributed by atoms with Crippen molar-refractivity contribution in [2.45, 2.75) is 26.2 Å². The van der Waals surface area contributed by atoms with Gasteiger partial charge in [-0.1, -0.05) is 28.5 Å². The molecule has 0 atom stereocenters. The first-order valence-electron chi connectivity index (χ1n) is 5.17. The minimum absolute atomic E-state index is 0.0414. The Kier molecular flexibility index (Phi) is 3.32. The molecule has 1 heterocycles. The lowest BCUT2D eigenvalue weighted by Crippen LogP contribution is -2.30. The van der Waals surface area contributed by atoms with Crippen LogP contribution in [0, 0.1) is 11.3 Å². The van der Waals surface area contributed by atoms with E-state index in [1.807, 2.05) is 21.6 Å². The summed E-state index contributed by atoms with van der Waals surface area (Å²) in [6.07, 6.45) is 3.20. The van der Waals surface area contributed by atoms with Gasteiger partial charge in [-0.2, -0.15) is 0 Å². The first kappa shape index (κ1) is 10.7. The van der Waals surface area contributed by atoms with E-state index >= 15 is 0 Å². The normalized spacial score (nSPS) is 24.9. The monoisotopic (exact) mass is 232 g/mol. The Morgan fingerprint density at radius 1 is 1.43 bits per heavy atom. The molecule has 0 radical (unpaired) electrons. The molecule has 2 fully saturated rings. The van der Waals surface area contributed by atoms with Crippen LogP contribution >= 0.6 is 21.6 Å². The van der Waals surface area contributed by atoms with Gasteiger partial charge in [-0.25, -0.2) is 0 Å².